The standard InChI is InChI=1S/C11H11NO2/c13-10-7-3-6-9(10)12-11(14)8-4-1-2-5-8/h1,4-7,13H,2-3H2,(H,12,14). The van der Waals surface area contributed by atoms with Crippen LogP contribution in [0.3, 0.4) is 0 Å². The average molecular weight is 189 g/mol. The SMILES string of the molecule is O=C(NC1=CCC=C1O)C1=CCC=C1. The first-order valence-corrected chi connectivity index (χ1v) is 4.55. The number of hydrogen-bond acceptors (Lipinski definition) is 2. The van der Waals surface area contributed by atoms with E-state index >= 15 is 0 Å². The van der Waals surface area contributed by atoms with Gasteiger partial charge in [-0.1, -0.05) is 24.3 Å². The molecule has 0 bridgehead atoms. The van der Waals surface area contributed by atoms with Crippen LogP contribution in [0.15, 0.2) is 47.4 Å². The minimum Gasteiger partial charge on any atom is -0.506 e. The second kappa shape index (κ2) is 3.54. The van der Waals surface area contributed by atoms with Gasteiger partial charge in [-0.25, -0.2) is 0 Å². The van der Waals surface area contributed by atoms with Crippen LogP contribution in [-0.2, 0) is 4.79 Å². The fourth-order valence-corrected chi connectivity index (χ4v) is 1.44. The zero-order chi connectivity index (χ0) is 9.97. The van der Waals surface area contributed by atoms with Crippen molar-refractivity contribution in [2.24, 2.45) is 0 Å². The highest BCUT2D eigenvalue weighted by atomic mass is 16.3. The molecule has 0 aromatic heterocycles. The fourth-order valence-electron chi connectivity index (χ4n) is 1.44. The van der Waals surface area contributed by atoms with Crippen LogP contribution in [0.25, 0.3) is 0 Å². The highest BCUT2D eigenvalue weighted by Crippen LogP contribution is 2.15. The Hall–Kier alpha value is -1.77. The Morgan fingerprint density at radius 1 is 1.29 bits per heavy atom. The molecular formula is C11H11NO2. The van der Waals surface area contributed by atoms with Crippen molar-refractivity contribution in [2.75, 3.05) is 0 Å². The van der Waals surface area contributed by atoms with Gasteiger partial charge in [0.1, 0.15) is 5.76 Å². The van der Waals surface area contributed by atoms with Crippen LogP contribution in [0.1, 0.15) is 12.8 Å². The van der Waals surface area contributed by atoms with Gasteiger partial charge in [0.05, 0.1) is 5.70 Å². The number of hydrogen-bond donors (Lipinski definition) is 2. The molecule has 14 heavy (non-hydrogen) atoms. The van der Waals surface area contributed by atoms with Gasteiger partial charge in [-0.2, -0.15) is 0 Å². The molecule has 0 aromatic carbocycles. The maximum absolute atomic E-state index is 11.5. The topological polar surface area (TPSA) is 49.3 Å². The van der Waals surface area contributed by atoms with Gasteiger partial charge in [0.25, 0.3) is 5.91 Å². The van der Waals surface area contributed by atoms with Crippen LogP contribution in [0.4, 0.5) is 0 Å². The van der Waals surface area contributed by atoms with Crippen molar-refractivity contribution in [3.8, 4) is 0 Å². The van der Waals surface area contributed by atoms with Gasteiger partial charge in [0, 0.05) is 5.57 Å². The molecule has 3 heteroatoms. The Bertz CT molecular complexity index is 386. The van der Waals surface area contributed by atoms with E-state index in [4.69, 9.17) is 0 Å². The van der Waals surface area contributed by atoms with Gasteiger partial charge in [-0.05, 0) is 18.9 Å². The second-order valence-corrected chi connectivity index (χ2v) is 3.19. The quantitative estimate of drug-likeness (QED) is 0.694. The predicted molar refractivity (Wildman–Crippen MR) is 53.4 cm³/mol. The van der Waals surface area contributed by atoms with Crippen molar-refractivity contribution < 1.29 is 9.90 Å². The number of aliphatic hydroxyl groups excluding tert-OH is 1. The summed E-state index contributed by atoms with van der Waals surface area (Å²) in [6.07, 6.45) is 10.5. The minimum absolute atomic E-state index is 0.154. The zero-order valence-corrected chi connectivity index (χ0v) is 7.66. The molecule has 0 fully saturated rings. The minimum atomic E-state index is -0.160. The molecule has 0 radical (unpaired) electrons. The lowest BCUT2D eigenvalue weighted by atomic mass is 10.2. The van der Waals surface area contributed by atoms with Gasteiger partial charge in [-0.3, -0.25) is 4.79 Å². The van der Waals surface area contributed by atoms with Crippen LogP contribution in [-0.4, -0.2) is 11.0 Å². The lowest BCUT2D eigenvalue weighted by Crippen LogP contribution is -2.23. The monoisotopic (exact) mass is 189 g/mol. The third-order valence-corrected chi connectivity index (χ3v) is 2.19. The van der Waals surface area contributed by atoms with Gasteiger partial charge in [-0.15, -0.1) is 0 Å². The predicted octanol–water partition coefficient (Wildman–Crippen LogP) is 1.72. The smallest absolute Gasteiger partial charge is 0.255 e. The van der Waals surface area contributed by atoms with E-state index in [2.05, 4.69) is 5.32 Å². The van der Waals surface area contributed by atoms with Gasteiger partial charge in [0.15, 0.2) is 0 Å². The normalized spacial score (nSPS) is 19.0. The molecule has 0 saturated heterocycles. The number of rotatable bonds is 2. The van der Waals surface area contributed by atoms with E-state index in [1.54, 1.807) is 18.2 Å². The summed E-state index contributed by atoms with van der Waals surface area (Å²) in [5, 5.41) is 12.0. The molecule has 2 rings (SSSR count). The van der Waals surface area contributed by atoms with Gasteiger partial charge >= 0.3 is 0 Å². The van der Waals surface area contributed by atoms with Crippen LogP contribution >= 0.6 is 0 Å². The van der Waals surface area contributed by atoms with Gasteiger partial charge < -0.3 is 10.4 Å². The summed E-state index contributed by atoms with van der Waals surface area (Å²) in [5.41, 5.74) is 1.17. The molecule has 72 valence electrons. The number of aliphatic hydroxyl groups is 1. The highest BCUT2D eigenvalue weighted by Gasteiger charge is 2.14. The Morgan fingerprint density at radius 2 is 2.14 bits per heavy atom. The summed E-state index contributed by atoms with van der Waals surface area (Å²) in [5.74, 6) is -0.00669. The van der Waals surface area contributed by atoms with E-state index < -0.39 is 0 Å². The number of nitrogens with one attached hydrogen (secondary N) is 1. The summed E-state index contributed by atoms with van der Waals surface area (Å²) >= 11 is 0. The fraction of sp³-hybridized carbons (Fsp3) is 0.182. The third kappa shape index (κ3) is 1.62. The second-order valence-electron chi connectivity index (χ2n) is 3.19. The van der Waals surface area contributed by atoms with Crippen LogP contribution in [0.2, 0.25) is 0 Å². The Labute approximate surface area is 82.1 Å². The first-order valence-electron chi connectivity index (χ1n) is 4.55. The van der Waals surface area contributed by atoms with E-state index in [1.807, 2.05) is 12.2 Å². The summed E-state index contributed by atoms with van der Waals surface area (Å²) in [7, 11) is 0. The number of allylic oxidation sites excluding steroid dienone is 4. The Morgan fingerprint density at radius 3 is 2.71 bits per heavy atom. The van der Waals surface area contributed by atoms with Gasteiger partial charge in [0.2, 0.25) is 0 Å². The van der Waals surface area contributed by atoms with Crippen LogP contribution in [0.5, 0.6) is 0 Å². The van der Waals surface area contributed by atoms with Crippen molar-refractivity contribution in [1.29, 1.82) is 0 Å². The number of carbonyl (C=O) groups excluding carboxylic acids is 1. The molecule has 1 amide bonds. The Kier molecular flexibility index (Phi) is 2.23. The molecule has 0 atom stereocenters. The molecule has 0 aromatic rings. The maximum Gasteiger partial charge on any atom is 0.255 e. The molecule has 2 N–H and O–H groups in total. The molecule has 2 aliphatic rings. The first-order chi connectivity index (χ1) is 6.77. The lowest BCUT2D eigenvalue weighted by Gasteiger charge is -2.05. The largest absolute Gasteiger partial charge is 0.506 e. The van der Waals surface area contributed by atoms with E-state index in [-0.39, 0.29) is 11.7 Å². The van der Waals surface area contributed by atoms with Crippen molar-refractivity contribution in [2.45, 2.75) is 12.8 Å². The zero-order valence-electron chi connectivity index (χ0n) is 7.66. The number of carbonyl (C=O) groups is 1. The van der Waals surface area contributed by atoms with Crippen LogP contribution < -0.4 is 5.32 Å². The molecule has 0 saturated carbocycles. The van der Waals surface area contributed by atoms with E-state index in [0.717, 1.165) is 6.42 Å². The van der Waals surface area contributed by atoms with Crippen molar-refractivity contribution >= 4 is 5.91 Å². The summed E-state index contributed by atoms with van der Waals surface area (Å²) in [6, 6.07) is 0. The van der Waals surface area contributed by atoms with Crippen molar-refractivity contribution in [3.05, 3.63) is 47.4 Å². The molecule has 0 spiro atoms. The van der Waals surface area contributed by atoms with Crippen LogP contribution in [0, 0.1) is 0 Å². The summed E-state index contributed by atoms with van der Waals surface area (Å²) < 4.78 is 0. The molecule has 2 aliphatic carbocycles. The molecule has 3 nitrogen and oxygen atoms in total. The van der Waals surface area contributed by atoms with E-state index in [9.17, 15) is 9.90 Å². The van der Waals surface area contributed by atoms with E-state index in [1.165, 1.54) is 0 Å². The third-order valence-electron chi connectivity index (χ3n) is 2.19. The van der Waals surface area contributed by atoms with Crippen molar-refractivity contribution in [1.82, 2.24) is 5.32 Å². The lowest BCUT2D eigenvalue weighted by molar-refractivity contribution is -0.116. The maximum atomic E-state index is 11.5. The number of amides is 1. The highest BCUT2D eigenvalue weighted by molar-refractivity contribution is 5.98. The summed E-state index contributed by atoms with van der Waals surface area (Å²) in [6.45, 7) is 0. The van der Waals surface area contributed by atoms with E-state index in [0.29, 0.717) is 17.7 Å². The molecule has 0 aliphatic heterocycles. The first kappa shape index (κ1) is 8.81. The molecular weight excluding hydrogens is 178 g/mol. The molecule has 0 unspecified atom stereocenters. The average Bonchev–Trinajstić information content (AvgIpc) is 2.77. The summed E-state index contributed by atoms with van der Waals surface area (Å²) in [4.78, 5) is 11.5. The molecule has 0 heterocycles. The Balaban J connectivity index is 2.02. The van der Waals surface area contributed by atoms with Crippen molar-refractivity contribution in [3.63, 3.8) is 0 Å².